The van der Waals surface area contributed by atoms with Gasteiger partial charge in [0, 0.05) is 25.8 Å². The molecule has 1 rings (SSSR count). The highest BCUT2D eigenvalue weighted by Gasteiger charge is 2.15. The maximum Gasteiger partial charge on any atom is 0.295 e. The van der Waals surface area contributed by atoms with Gasteiger partial charge in [-0.1, -0.05) is 12.1 Å². The highest BCUT2D eigenvalue weighted by atomic mass is 16.6. The van der Waals surface area contributed by atoms with Crippen molar-refractivity contribution in [1.29, 1.82) is 0 Å². The van der Waals surface area contributed by atoms with Crippen molar-refractivity contribution in [1.82, 2.24) is 0 Å². The lowest BCUT2D eigenvalue weighted by molar-refractivity contribution is -0.384. The molecule has 0 amide bonds. The van der Waals surface area contributed by atoms with Crippen molar-refractivity contribution >= 4 is 11.4 Å². The molecule has 5 nitrogen and oxygen atoms in total. The average molecular weight is 252 g/mol. The first-order chi connectivity index (χ1) is 8.66. The monoisotopic (exact) mass is 252 g/mol. The Morgan fingerprint density at radius 1 is 1.33 bits per heavy atom. The molecule has 0 unspecified atom stereocenters. The van der Waals surface area contributed by atoms with Gasteiger partial charge >= 0.3 is 0 Å². The lowest BCUT2D eigenvalue weighted by Crippen LogP contribution is -2.05. The van der Waals surface area contributed by atoms with Crippen LogP contribution in [0, 0.1) is 17.0 Å². The first kappa shape index (κ1) is 14.4. The highest BCUT2D eigenvalue weighted by Crippen LogP contribution is 2.27. The Morgan fingerprint density at radius 3 is 2.78 bits per heavy atom. The number of anilines is 1. The Bertz CT molecular complexity index is 394. The van der Waals surface area contributed by atoms with E-state index in [1.54, 1.807) is 26.2 Å². The largest absolute Gasteiger partial charge is 0.385 e. The van der Waals surface area contributed by atoms with Crippen LogP contribution in [0.4, 0.5) is 11.4 Å². The number of nitro groups is 1. The molecule has 0 fully saturated rings. The molecule has 1 aromatic carbocycles. The zero-order valence-electron chi connectivity index (χ0n) is 10.9. The van der Waals surface area contributed by atoms with Gasteiger partial charge in [0.05, 0.1) is 4.92 Å². The fraction of sp³-hybridized carbons (Fsp3) is 0.538. The number of rotatable bonds is 8. The predicted molar refractivity (Wildman–Crippen MR) is 72.1 cm³/mol. The van der Waals surface area contributed by atoms with E-state index in [2.05, 4.69) is 5.32 Å². The summed E-state index contributed by atoms with van der Waals surface area (Å²) in [5.74, 6) is 0. The molecule has 100 valence electrons. The molecule has 5 heteroatoms. The molecule has 0 aromatic heterocycles. The molecule has 0 saturated carbocycles. The molecule has 0 radical (unpaired) electrons. The number of unbranched alkanes of at least 4 members (excludes halogenated alkanes) is 2. The van der Waals surface area contributed by atoms with Crippen LogP contribution >= 0.6 is 0 Å². The molecular formula is C13H20N2O3. The van der Waals surface area contributed by atoms with Crippen LogP contribution in [0.15, 0.2) is 18.2 Å². The average Bonchev–Trinajstić information content (AvgIpc) is 2.33. The quantitative estimate of drug-likeness (QED) is 0.438. The Kier molecular flexibility index (Phi) is 6.14. The molecule has 0 aliphatic rings. The van der Waals surface area contributed by atoms with Gasteiger partial charge in [-0.15, -0.1) is 0 Å². The van der Waals surface area contributed by atoms with Crippen LogP contribution in [0.25, 0.3) is 0 Å². The van der Waals surface area contributed by atoms with Gasteiger partial charge in [-0.2, -0.15) is 0 Å². The number of benzene rings is 1. The first-order valence-electron chi connectivity index (χ1n) is 6.13. The minimum Gasteiger partial charge on any atom is -0.385 e. The third kappa shape index (κ3) is 4.33. The minimum atomic E-state index is -0.331. The summed E-state index contributed by atoms with van der Waals surface area (Å²) >= 11 is 0. The van der Waals surface area contributed by atoms with Crippen LogP contribution in [-0.2, 0) is 4.74 Å². The SMILES string of the molecule is COCCCCCNc1cccc(C)c1[N+](=O)[O-]. The van der Waals surface area contributed by atoms with E-state index in [4.69, 9.17) is 4.74 Å². The van der Waals surface area contributed by atoms with Gasteiger partial charge in [0.1, 0.15) is 5.69 Å². The van der Waals surface area contributed by atoms with Crippen LogP contribution in [0.2, 0.25) is 0 Å². The molecule has 0 spiro atoms. The second-order valence-electron chi connectivity index (χ2n) is 4.21. The maximum absolute atomic E-state index is 11.0. The molecule has 0 heterocycles. The number of hydrogen-bond donors (Lipinski definition) is 1. The minimum absolute atomic E-state index is 0.175. The van der Waals surface area contributed by atoms with Crippen molar-refractivity contribution in [2.45, 2.75) is 26.2 Å². The Hall–Kier alpha value is -1.62. The third-order valence-electron chi connectivity index (χ3n) is 2.76. The van der Waals surface area contributed by atoms with Crippen molar-refractivity contribution in [3.8, 4) is 0 Å². The van der Waals surface area contributed by atoms with E-state index >= 15 is 0 Å². The Balaban J connectivity index is 2.47. The Labute approximate surface area is 107 Å². The zero-order chi connectivity index (χ0) is 13.4. The van der Waals surface area contributed by atoms with Gasteiger partial charge < -0.3 is 10.1 Å². The van der Waals surface area contributed by atoms with Gasteiger partial charge in [0.25, 0.3) is 5.69 Å². The number of para-hydroxylation sites is 1. The summed E-state index contributed by atoms with van der Waals surface area (Å²) in [6, 6.07) is 5.33. The zero-order valence-corrected chi connectivity index (χ0v) is 10.9. The van der Waals surface area contributed by atoms with Crippen LogP contribution in [0.3, 0.4) is 0 Å². The van der Waals surface area contributed by atoms with E-state index in [-0.39, 0.29) is 10.6 Å². The first-order valence-corrected chi connectivity index (χ1v) is 6.13. The van der Waals surface area contributed by atoms with E-state index in [0.717, 1.165) is 32.4 Å². The topological polar surface area (TPSA) is 64.4 Å². The molecule has 1 N–H and O–H groups in total. The van der Waals surface area contributed by atoms with E-state index in [9.17, 15) is 10.1 Å². The van der Waals surface area contributed by atoms with Crippen molar-refractivity contribution in [3.05, 3.63) is 33.9 Å². The lowest BCUT2D eigenvalue weighted by Gasteiger charge is -2.08. The van der Waals surface area contributed by atoms with Crippen LogP contribution in [-0.4, -0.2) is 25.2 Å². The van der Waals surface area contributed by atoms with Crippen LogP contribution in [0.5, 0.6) is 0 Å². The fourth-order valence-corrected chi connectivity index (χ4v) is 1.82. The molecule has 0 atom stereocenters. The van der Waals surface area contributed by atoms with Gasteiger partial charge in [-0.3, -0.25) is 10.1 Å². The van der Waals surface area contributed by atoms with Crippen LogP contribution in [0.1, 0.15) is 24.8 Å². The highest BCUT2D eigenvalue weighted by molar-refractivity contribution is 5.64. The standard InChI is InChI=1S/C13H20N2O3/c1-11-7-6-8-12(13(11)15(16)17)14-9-4-3-5-10-18-2/h6-8,14H,3-5,9-10H2,1-2H3. The van der Waals surface area contributed by atoms with E-state index in [0.29, 0.717) is 11.3 Å². The summed E-state index contributed by atoms with van der Waals surface area (Å²) in [6.07, 6.45) is 3.06. The van der Waals surface area contributed by atoms with Crippen molar-refractivity contribution in [2.75, 3.05) is 25.6 Å². The predicted octanol–water partition coefficient (Wildman–Crippen LogP) is 3.13. The van der Waals surface area contributed by atoms with Crippen molar-refractivity contribution in [2.24, 2.45) is 0 Å². The van der Waals surface area contributed by atoms with Crippen molar-refractivity contribution in [3.63, 3.8) is 0 Å². The van der Waals surface area contributed by atoms with Gasteiger partial charge in [0.2, 0.25) is 0 Å². The second kappa shape index (κ2) is 7.66. The number of nitrogens with one attached hydrogen (secondary N) is 1. The number of nitro benzene ring substituents is 1. The number of ether oxygens (including phenoxy) is 1. The summed E-state index contributed by atoms with van der Waals surface area (Å²) < 4.78 is 4.96. The normalized spacial score (nSPS) is 10.3. The smallest absolute Gasteiger partial charge is 0.295 e. The lowest BCUT2D eigenvalue weighted by atomic mass is 10.1. The molecule has 0 saturated heterocycles. The van der Waals surface area contributed by atoms with E-state index in [1.807, 2.05) is 6.07 Å². The summed E-state index contributed by atoms with van der Waals surface area (Å²) in [5.41, 5.74) is 1.46. The summed E-state index contributed by atoms with van der Waals surface area (Å²) in [7, 11) is 1.69. The molecule has 0 aliphatic heterocycles. The number of aryl methyl sites for hydroxylation is 1. The second-order valence-corrected chi connectivity index (χ2v) is 4.21. The van der Waals surface area contributed by atoms with Gasteiger partial charge in [0.15, 0.2) is 0 Å². The van der Waals surface area contributed by atoms with E-state index in [1.165, 1.54) is 0 Å². The fourth-order valence-electron chi connectivity index (χ4n) is 1.82. The third-order valence-corrected chi connectivity index (χ3v) is 2.76. The molecule has 1 aromatic rings. The van der Waals surface area contributed by atoms with Gasteiger partial charge in [-0.25, -0.2) is 0 Å². The van der Waals surface area contributed by atoms with Crippen LogP contribution < -0.4 is 5.32 Å². The van der Waals surface area contributed by atoms with Gasteiger partial charge in [-0.05, 0) is 32.3 Å². The number of methoxy groups -OCH3 is 1. The number of hydrogen-bond acceptors (Lipinski definition) is 4. The molecule has 0 aliphatic carbocycles. The van der Waals surface area contributed by atoms with Crippen molar-refractivity contribution < 1.29 is 9.66 Å². The summed E-state index contributed by atoms with van der Waals surface area (Å²) in [4.78, 5) is 10.6. The molecule has 18 heavy (non-hydrogen) atoms. The number of nitrogens with zero attached hydrogens (tertiary/aromatic N) is 1. The molecular weight excluding hydrogens is 232 g/mol. The summed E-state index contributed by atoms with van der Waals surface area (Å²) in [6.45, 7) is 3.26. The Morgan fingerprint density at radius 2 is 2.11 bits per heavy atom. The summed E-state index contributed by atoms with van der Waals surface area (Å²) in [5, 5.41) is 14.1. The molecule has 0 bridgehead atoms. The maximum atomic E-state index is 11.0. The van der Waals surface area contributed by atoms with E-state index < -0.39 is 0 Å².